The smallest absolute Gasteiger partial charge is 0.188 e. The minimum Gasteiger partial charge on any atom is -0.482 e. The summed E-state index contributed by atoms with van der Waals surface area (Å²) in [6.45, 7) is 1.71. The van der Waals surface area contributed by atoms with E-state index in [9.17, 15) is 0 Å². The molecule has 0 radical (unpaired) electrons. The van der Waals surface area contributed by atoms with Gasteiger partial charge in [-0.15, -0.1) is 0 Å². The molecule has 46 valence electrons. The van der Waals surface area contributed by atoms with Gasteiger partial charge in [-0.25, -0.2) is 0 Å². The summed E-state index contributed by atoms with van der Waals surface area (Å²) in [4.78, 5) is 0. The van der Waals surface area contributed by atoms with Gasteiger partial charge in [0.05, 0.1) is 7.11 Å². The zero-order chi connectivity index (χ0) is 6.57. The zero-order valence-corrected chi connectivity index (χ0v) is 5.06. The Hall–Kier alpha value is -0.990. The molecule has 0 heterocycles. The molecule has 0 saturated carbocycles. The molecule has 0 saturated heterocycles. The first-order chi connectivity index (χ1) is 3.72. The Labute approximate surface area is 48.6 Å². The van der Waals surface area contributed by atoms with Crippen LogP contribution >= 0.6 is 0 Å². The molecule has 3 heteroatoms. The summed E-state index contributed by atoms with van der Waals surface area (Å²) in [5, 5.41) is 6.70. The van der Waals surface area contributed by atoms with E-state index in [0.29, 0.717) is 11.5 Å². The van der Waals surface area contributed by atoms with E-state index in [1.54, 1.807) is 6.92 Å². The Bertz CT molecular complexity index is 118. The van der Waals surface area contributed by atoms with Crippen LogP contribution in [0.25, 0.3) is 0 Å². The number of allylic oxidation sites excluding steroid dienone is 1. The summed E-state index contributed by atoms with van der Waals surface area (Å²) >= 11 is 0. The maximum atomic E-state index is 6.70. The van der Waals surface area contributed by atoms with Crippen molar-refractivity contribution in [3.8, 4) is 0 Å². The van der Waals surface area contributed by atoms with Gasteiger partial charge in [0.2, 0.25) is 0 Å². The first-order valence-electron chi connectivity index (χ1n) is 2.23. The Kier molecular flexibility index (Phi) is 2.69. The molecular formula is C5H10N2O. The van der Waals surface area contributed by atoms with Crippen molar-refractivity contribution in [1.29, 1.82) is 5.41 Å². The topological polar surface area (TPSA) is 59.1 Å². The van der Waals surface area contributed by atoms with Gasteiger partial charge in [-0.2, -0.15) is 0 Å². The van der Waals surface area contributed by atoms with Crippen molar-refractivity contribution in [3.63, 3.8) is 0 Å². The third kappa shape index (κ3) is 1.64. The molecule has 3 N–H and O–H groups in total. The standard InChI is InChI=1S/C5H10N2O/c1-4(3-6)5(7)8-2/h3,6H,7H2,1-2H3/b5-4+,6-3?. The van der Waals surface area contributed by atoms with Crippen molar-refractivity contribution in [3.05, 3.63) is 11.5 Å². The van der Waals surface area contributed by atoms with E-state index in [1.165, 1.54) is 7.11 Å². The van der Waals surface area contributed by atoms with Crippen molar-refractivity contribution in [2.75, 3.05) is 7.11 Å². The predicted octanol–water partition coefficient (Wildman–Crippen LogP) is 0.473. The second kappa shape index (κ2) is 3.07. The quantitative estimate of drug-likeness (QED) is 0.405. The van der Waals surface area contributed by atoms with Gasteiger partial charge in [0.15, 0.2) is 5.88 Å². The summed E-state index contributed by atoms with van der Waals surface area (Å²) in [6, 6.07) is 0. The second-order valence-electron chi connectivity index (χ2n) is 1.40. The molecule has 8 heavy (non-hydrogen) atoms. The summed E-state index contributed by atoms with van der Waals surface area (Å²) in [6.07, 6.45) is 1.15. The number of hydrogen-bond acceptors (Lipinski definition) is 3. The summed E-state index contributed by atoms with van der Waals surface area (Å²) < 4.78 is 4.61. The molecule has 0 aliphatic rings. The fourth-order valence-corrected chi connectivity index (χ4v) is 0.232. The third-order valence-electron chi connectivity index (χ3n) is 0.825. The highest BCUT2D eigenvalue weighted by atomic mass is 16.5. The summed E-state index contributed by atoms with van der Waals surface area (Å²) in [7, 11) is 1.47. The highest BCUT2D eigenvalue weighted by Gasteiger charge is 1.88. The second-order valence-corrected chi connectivity index (χ2v) is 1.40. The van der Waals surface area contributed by atoms with Gasteiger partial charge in [-0.05, 0) is 6.92 Å². The number of ether oxygens (including phenoxy) is 1. The minimum absolute atomic E-state index is 0.306. The Morgan fingerprint density at radius 1 is 1.75 bits per heavy atom. The van der Waals surface area contributed by atoms with Gasteiger partial charge in [0.25, 0.3) is 0 Å². The predicted molar refractivity (Wildman–Crippen MR) is 32.7 cm³/mol. The van der Waals surface area contributed by atoms with Crippen molar-refractivity contribution in [1.82, 2.24) is 0 Å². The van der Waals surface area contributed by atoms with Crippen LogP contribution in [0.2, 0.25) is 0 Å². The number of nitrogens with one attached hydrogen (secondary N) is 1. The maximum Gasteiger partial charge on any atom is 0.188 e. The van der Waals surface area contributed by atoms with E-state index in [4.69, 9.17) is 11.1 Å². The lowest BCUT2D eigenvalue weighted by atomic mass is 10.3. The molecule has 0 aromatic rings. The van der Waals surface area contributed by atoms with Crippen molar-refractivity contribution >= 4 is 6.21 Å². The van der Waals surface area contributed by atoms with E-state index < -0.39 is 0 Å². The third-order valence-corrected chi connectivity index (χ3v) is 0.825. The highest BCUT2D eigenvalue weighted by molar-refractivity contribution is 5.75. The molecule has 0 aromatic heterocycles. The van der Waals surface area contributed by atoms with Crippen LogP contribution in [-0.2, 0) is 4.74 Å². The average Bonchev–Trinajstić information content (AvgIpc) is 1.84. The lowest BCUT2D eigenvalue weighted by Crippen LogP contribution is -2.02. The van der Waals surface area contributed by atoms with Gasteiger partial charge in [-0.1, -0.05) is 0 Å². The monoisotopic (exact) mass is 114 g/mol. The molecular weight excluding hydrogens is 104 g/mol. The number of hydrogen-bond donors (Lipinski definition) is 2. The van der Waals surface area contributed by atoms with Gasteiger partial charge in [0.1, 0.15) is 0 Å². The number of rotatable bonds is 2. The summed E-state index contributed by atoms with van der Waals surface area (Å²) in [5.74, 6) is 0.306. The summed E-state index contributed by atoms with van der Waals surface area (Å²) in [5.41, 5.74) is 5.88. The molecule has 0 bridgehead atoms. The van der Waals surface area contributed by atoms with Crippen molar-refractivity contribution in [2.24, 2.45) is 5.73 Å². The zero-order valence-electron chi connectivity index (χ0n) is 5.06. The largest absolute Gasteiger partial charge is 0.482 e. The molecule has 0 amide bonds. The average molecular weight is 114 g/mol. The lowest BCUT2D eigenvalue weighted by molar-refractivity contribution is 0.285. The molecule has 0 aliphatic carbocycles. The first kappa shape index (κ1) is 7.01. The van der Waals surface area contributed by atoms with Crippen molar-refractivity contribution < 1.29 is 4.74 Å². The maximum absolute atomic E-state index is 6.70. The van der Waals surface area contributed by atoms with Crippen LogP contribution in [0, 0.1) is 5.41 Å². The van der Waals surface area contributed by atoms with E-state index in [2.05, 4.69) is 4.74 Å². The van der Waals surface area contributed by atoms with Crippen LogP contribution in [0.15, 0.2) is 11.5 Å². The SMILES string of the molecule is CO/C(N)=C(\C)C=N. The molecule has 0 fully saturated rings. The number of nitrogens with two attached hydrogens (primary N) is 1. The fourth-order valence-electron chi connectivity index (χ4n) is 0.232. The normalized spacial score (nSPS) is 12.2. The van der Waals surface area contributed by atoms with Gasteiger partial charge < -0.3 is 15.9 Å². The molecule has 3 nitrogen and oxygen atoms in total. The Morgan fingerprint density at radius 3 is 2.38 bits per heavy atom. The molecule has 0 aromatic carbocycles. The van der Waals surface area contributed by atoms with Gasteiger partial charge in [-0.3, -0.25) is 0 Å². The highest BCUT2D eigenvalue weighted by Crippen LogP contribution is 1.91. The lowest BCUT2D eigenvalue weighted by Gasteiger charge is -1.98. The molecule has 0 aliphatic heterocycles. The Balaban J connectivity index is 4.03. The van der Waals surface area contributed by atoms with Crippen LogP contribution in [0.1, 0.15) is 6.92 Å². The van der Waals surface area contributed by atoms with Crippen LogP contribution in [-0.4, -0.2) is 13.3 Å². The fraction of sp³-hybridized carbons (Fsp3) is 0.400. The van der Waals surface area contributed by atoms with E-state index in [1.807, 2.05) is 0 Å². The minimum atomic E-state index is 0.306. The van der Waals surface area contributed by atoms with Crippen LogP contribution in [0.5, 0.6) is 0 Å². The first-order valence-corrected chi connectivity index (χ1v) is 2.23. The molecule has 0 rings (SSSR count). The van der Waals surface area contributed by atoms with E-state index in [-0.39, 0.29) is 0 Å². The molecule has 0 atom stereocenters. The van der Waals surface area contributed by atoms with Crippen molar-refractivity contribution in [2.45, 2.75) is 6.92 Å². The van der Waals surface area contributed by atoms with Crippen LogP contribution in [0.3, 0.4) is 0 Å². The molecule has 0 spiro atoms. The van der Waals surface area contributed by atoms with Gasteiger partial charge >= 0.3 is 0 Å². The van der Waals surface area contributed by atoms with Gasteiger partial charge in [0, 0.05) is 11.8 Å². The molecule has 0 unspecified atom stereocenters. The van der Waals surface area contributed by atoms with E-state index >= 15 is 0 Å². The van der Waals surface area contributed by atoms with Crippen LogP contribution in [0.4, 0.5) is 0 Å². The van der Waals surface area contributed by atoms with Crippen LogP contribution < -0.4 is 5.73 Å². The number of methoxy groups -OCH3 is 1. The Morgan fingerprint density at radius 2 is 2.25 bits per heavy atom. The van der Waals surface area contributed by atoms with E-state index in [0.717, 1.165) is 6.21 Å².